The third-order valence-electron chi connectivity index (χ3n) is 4.51. The number of fused-ring (bicyclic) bond motifs is 1. The summed E-state index contributed by atoms with van der Waals surface area (Å²) in [6.45, 7) is 4.07. The number of hydrogen-bond donors (Lipinski definition) is 1. The Morgan fingerprint density at radius 1 is 0.808 bits per heavy atom. The van der Waals surface area contributed by atoms with Crippen molar-refractivity contribution in [2.45, 2.75) is 0 Å². The Bertz CT molecular complexity index is 792. The monoisotopic (exact) mass is 351 g/mol. The summed E-state index contributed by atoms with van der Waals surface area (Å²) in [7, 11) is 8.48. The highest BCUT2D eigenvalue weighted by molar-refractivity contribution is 5.79. The first-order chi connectivity index (χ1) is 12.5. The highest BCUT2D eigenvalue weighted by atomic mass is 15.2. The van der Waals surface area contributed by atoms with Crippen LogP contribution in [0, 0.1) is 0 Å². The molecule has 0 atom stereocenters. The first kappa shape index (κ1) is 18.4. The minimum atomic E-state index is 0.924. The van der Waals surface area contributed by atoms with Crippen LogP contribution in [0.1, 0.15) is 0 Å². The van der Waals surface area contributed by atoms with Crippen LogP contribution in [0.15, 0.2) is 48.5 Å². The minimum Gasteiger partial charge on any atom is -0.369 e. The van der Waals surface area contributed by atoms with E-state index in [0.717, 1.165) is 48.6 Å². The molecule has 0 radical (unpaired) electrons. The van der Waals surface area contributed by atoms with Crippen molar-refractivity contribution in [1.29, 1.82) is 0 Å². The molecule has 1 N–H and O–H groups in total. The Kier molecular flexibility index (Phi) is 5.91. The molecule has 0 aliphatic rings. The molecule has 2 aromatic carbocycles. The highest BCUT2D eigenvalue weighted by Crippen LogP contribution is 2.25. The van der Waals surface area contributed by atoms with E-state index >= 15 is 0 Å². The van der Waals surface area contributed by atoms with Gasteiger partial charge in [0, 0.05) is 37.4 Å². The maximum Gasteiger partial charge on any atom is 0.138 e. The van der Waals surface area contributed by atoms with Crippen molar-refractivity contribution >= 4 is 16.7 Å². The van der Waals surface area contributed by atoms with Crippen LogP contribution in [0.2, 0.25) is 0 Å². The average molecular weight is 351 g/mol. The first-order valence-electron chi connectivity index (χ1n) is 9.12. The molecule has 3 aromatic rings. The molecule has 0 saturated heterocycles. The molecular weight excluding hydrogens is 322 g/mol. The quantitative estimate of drug-likeness (QED) is 0.677. The highest BCUT2D eigenvalue weighted by Gasteiger charge is 2.11. The molecule has 0 bridgehead atoms. The van der Waals surface area contributed by atoms with E-state index < -0.39 is 0 Å². The lowest BCUT2D eigenvalue weighted by Crippen LogP contribution is -2.36. The predicted octanol–water partition coefficient (Wildman–Crippen LogP) is 3.16. The largest absolute Gasteiger partial charge is 0.369 e. The summed E-state index contributed by atoms with van der Waals surface area (Å²) in [4.78, 5) is 15.1. The van der Waals surface area contributed by atoms with E-state index in [0.29, 0.717) is 0 Å². The SMILES string of the molecule is CN(C)CCN(CCN(C)C)c1cccc(-c2nc3ccccc3[nH]2)c1. The van der Waals surface area contributed by atoms with Crippen LogP contribution in [-0.4, -0.2) is 74.1 Å². The minimum absolute atomic E-state index is 0.924. The van der Waals surface area contributed by atoms with Crippen LogP contribution < -0.4 is 4.90 Å². The molecule has 138 valence electrons. The molecule has 0 saturated carbocycles. The van der Waals surface area contributed by atoms with Gasteiger partial charge in [-0.2, -0.15) is 0 Å². The summed E-state index contributed by atoms with van der Waals surface area (Å²) < 4.78 is 0. The van der Waals surface area contributed by atoms with Gasteiger partial charge in [0.1, 0.15) is 5.82 Å². The van der Waals surface area contributed by atoms with Crippen molar-refractivity contribution in [3.05, 3.63) is 48.5 Å². The standard InChI is InChI=1S/C21H29N5/c1-24(2)12-14-26(15-13-25(3)4)18-9-7-8-17(16-18)21-22-19-10-5-6-11-20(19)23-21/h5-11,16H,12-15H2,1-4H3,(H,22,23). The Balaban J connectivity index is 1.86. The van der Waals surface area contributed by atoms with Crippen LogP contribution in [-0.2, 0) is 0 Å². The van der Waals surface area contributed by atoms with Gasteiger partial charge in [0.15, 0.2) is 0 Å². The van der Waals surface area contributed by atoms with Gasteiger partial charge < -0.3 is 19.7 Å². The van der Waals surface area contributed by atoms with Crippen molar-refractivity contribution in [2.24, 2.45) is 0 Å². The number of likely N-dealkylation sites (N-methyl/N-ethyl adjacent to an activating group) is 2. The number of anilines is 1. The second kappa shape index (κ2) is 8.34. The molecule has 26 heavy (non-hydrogen) atoms. The summed E-state index contributed by atoms with van der Waals surface area (Å²) in [6.07, 6.45) is 0. The zero-order valence-electron chi connectivity index (χ0n) is 16.2. The van der Waals surface area contributed by atoms with Gasteiger partial charge in [-0.3, -0.25) is 0 Å². The van der Waals surface area contributed by atoms with Gasteiger partial charge in [-0.25, -0.2) is 4.98 Å². The molecule has 5 nitrogen and oxygen atoms in total. The second-order valence-corrected chi connectivity index (χ2v) is 7.25. The average Bonchev–Trinajstić information content (AvgIpc) is 3.05. The van der Waals surface area contributed by atoms with Crippen molar-refractivity contribution in [3.8, 4) is 11.4 Å². The van der Waals surface area contributed by atoms with Crippen LogP contribution in [0.25, 0.3) is 22.4 Å². The van der Waals surface area contributed by atoms with E-state index in [9.17, 15) is 0 Å². The van der Waals surface area contributed by atoms with Gasteiger partial charge in [-0.15, -0.1) is 0 Å². The number of benzene rings is 2. The smallest absolute Gasteiger partial charge is 0.138 e. The maximum absolute atomic E-state index is 4.74. The van der Waals surface area contributed by atoms with Crippen molar-refractivity contribution in [3.63, 3.8) is 0 Å². The Hall–Kier alpha value is -2.37. The van der Waals surface area contributed by atoms with Crippen molar-refractivity contribution in [2.75, 3.05) is 59.3 Å². The number of aromatic amines is 1. The fourth-order valence-corrected chi connectivity index (χ4v) is 2.95. The summed E-state index contributed by atoms with van der Waals surface area (Å²) in [5, 5.41) is 0. The number of nitrogens with one attached hydrogen (secondary N) is 1. The molecule has 0 unspecified atom stereocenters. The normalized spacial score (nSPS) is 11.6. The number of nitrogens with zero attached hydrogens (tertiary/aromatic N) is 4. The Morgan fingerprint density at radius 3 is 2.15 bits per heavy atom. The number of hydrogen-bond acceptors (Lipinski definition) is 4. The molecule has 0 spiro atoms. The van der Waals surface area contributed by atoms with Gasteiger partial charge in [0.2, 0.25) is 0 Å². The fraction of sp³-hybridized carbons (Fsp3) is 0.381. The van der Waals surface area contributed by atoms with Crippen LogP contribution in [0.5, 0.6) is 0 Å². The molecule has 0 aliphatic carbocycles. The molecule has 1 aromatic heterocycles. The molecule has 3 rings (SSSR count). The first-order valence-corrected chi connectivity index (χ1v) is 9.12. The molecular formula is C21H29N5. The van der Waals surface area contributed by atoms with E-state index in [-0.39, 0.29) is 0 Å². The molecule has 0 aliphatic heterocycles. The summed E-state index contributed by atoms with van der Waals surface area (Å²) in [5.74, 6) is 0.924. The van der Waals surface area contributed by atoms with Crippen LogP contribution in [0.3, 0.4) is 0 Å². The molecule has 1 heterocycles. The lowest BCUT2D eigenvalue weighted by Gasteiger charge is -2.28. The van der Waals surface area contributed by atoms with Crippen LogP contribution >= 0.6 is 0 Å². The van der Waals surface area contributed by atoms with E-state index in [1.165, 1.54) is 5.69 Å². The van der Waals surface area contributed by atoms with Gasteiger partial charge in [0.05, 0.1) is 11.0 Å². The summed E-state index contributed by atoms with van der Waals surface area (Å²) in [5.41, 5.74) is 4.44. The van der Waals surface area contributed by atoms with Gasteiger partial charge in [-0.05, 0) is 52.5 Å². The zero-order valence-corrected chi connectivity index (χ0v) is 16.2. The third kappa shape index (κ3) is 4.62. The Morgan fingerprint density at radius 2 is 1.50 bits per heavy atom. The van der Waals surface area contributed by atoms with E-state index in [1.54, 1.807) is 0 Å². The predicted molar refractivity (Wildman–Crippen MR) is 111 cm³/mol. The summed E-state index contributed by atoms with van der Waals surface area (Å²) in [6, 6.07) is 16.8. The van der Waals surface area contributed by atoms with Gasteiger partial charge >= 0.3 is 0 Å². The lowest BCUT2D eigenvalue weighted by atomic mass is 10.1. The van der Waals surface area contributed by atoms with E-state index in [4.69, 9.17) is 4.98 Å². The number of rotatable bonds is 8. The fourth-order valence-electron chi connectivity index (χ4n) is 2.95. The lowest BCUT2D eigenvalue weighted by molar-refractivity contribution is 0.391. The molecule has 0 amide bonds. The van der Waals surface area contributed by atoms with Crippen LogP contribution in [0.4, 0.5) is 5.69 Å². The van der Waals surface area contributed by atoms with Gasteiger partial charge in [0.25, 0.3) is 0 Å². The summed E-state index contributed by atoms with van der Waals surface area (Å²) >= 11 is 0. The number of para-hydroxylation sites is 2. The van der Waals surface area contributed by atoms with Crippen molar-refractivity contribution < 1.29 is 0 Å². The zero-order chi connectivity index (χ0) is 18.5. The topological polar surface area (TPSA) is 38.4 Å². The Labute approximate surface area is 156 Å². The van der Waals surface area contributed by atoms with E-state index in [1.807, 2.05) is 18.2 Å². The number of H-pyrrole nitrogens is 1. The second-order valence-electron chi connectivity index (χ2n) is 7.25. The number of aromatic nitrogens is 2. The molecule has 0 fully saturated rings. The van der Waals surface area contributed by atoms with Gasteiger partial charge in [-0.1, -0.05) is 24.3 Å². The maximum atomic E-state index is 4.74. The van der Waals surface area contributed by atoms with E-state index in [2.05, 4.69) is 78.2 Å². The number of imidazole rings is 1. The van der Waals surface area contributed by atoms with Crippen molar-refractivity contribution in [1.82, 2.24) is 19.8 Å². The molecule has 5 heteroatoms. The third-order valence-corrected chi connectivity index (χ3v) is 4.51.